The van der Waals surface area contributed by atoms with Crippen molar-refractivity contribution in [1.29, 1.82) is 0 Å². The lowest BCUT2D eigenvalue weighted by atomic mass is 10.0. The van der Waals surface area contributed by atoms with Crippen LogP contribution in [-0.4, -0.2) is 25.7 Å². The number of nitrogens with one attached hydrogen (secondary N) is 1. The molecule has 0 aliphatic heterocycles. The van der Waals surface area contributed by atoms with Crippen LogP contribution in [0.3, 0.4) is 0 Å². The Morgan fingerprint density at radius 3 is 2.53 bits per heavy atom. The molecular weight excluding hydrogens is 271 g/mol. The summed E-state index contributed by atoms with van der Waals surface area (Å²) < 4.78 is 40.3. The molecule has 1 aromatic rings. The lowest BCUT2D eigenvalue weighted by Crippen LogP contribution is -2.48. The SMILES string of the molecule is CCC(C)(CO)NS(=O)(=O)c1cc(N)c(C)cc1F. The van der Waals surface area contributed by atoms with Crippen LogP contribution in [0.4, 0.5) is 10.1 Å². The van der Waals surface area contributed by atoms with Crippen LogP contribution >= 0.6 is 0 Å². The van der Waals surface area contributed by atoms with E-state index in [2.05, 4.69) is 4.72 Å². The van der Waals surface area contributed by atoms with Crippen LogP contribution in [0.5, 0.6) is 0 Å². The standard InChI is InChI=1S/C12H19FN2O3S/c1-4-12(3,7-16)15-19(17,18)11-6-10(14)8(2)5-9(11)13/h5-6,15-16H,4,7,14H2,1-3H3. The van der Waals surface area contributed by atoms with Crippen molar-refractivity contribution in [3.05, 3.63) is 23.5 Å². The molecule has 0 aromatic heterocycles. The molecule has 0 spiro atoms. The molecule has 1 aromatic carbocycles. The van der Waals surface area contributed by atoms with Crippen LogP contribution in [0.2, 0.25) is 0 Å². The quantitative estimate of drug-likeness (QED) is 0.709. The van der Waals surface area contributed by atoms with E-state index in [1.54, 1.807) is 20.8 Å². The number of halogens is 1. The number of nitrogens with two attached hydrogens (primary N) is 1. The Labute approximate surface area is 112 Å². The molecule has 0 amide bonds. The van der Waals surface area contributed by atoms with Gasteiger partial charge in [-0.15, -0.1) is 0 Å². The van der Waals surface area contributed by atoms with Gasteiger partial charge in [-0.2, -0.15) is 0 Å². The van der Waals surface area contributed by atoms with E-state index in [4.69, 9.17) is 5.73 Å². The van der Waals surface area contributed by atoms with E-state index < -0.39 is 26.3 Å². The zero-order valence-corrected chi connectivity index (χ0v) is 12.0. The summed E-state index contributed by atoms with van der Waals surface area (Å²) in [5.74, 6) is -0.865. The Kier molecular flexibility index (Phi) is 4.54. The highest BCUT2D eigenvalue weighted by Crippen LogP contribution is 2.23. The first-order chi connectivity index (χ1) is 8.65. The van der Waals surface area contributed by atoms with Crippen molar-refractivity contribution in [3.63, 3.8) is 0 Å². The highest BCUT2D eigenvalue weighted by Gasteiger charge is 2.30. The third-order valence-electron chi connectivity index (χ3n) is 3.12. The number of hydrogen-bond acceptors (Lipinski definition) is 4. The molecule has 4 N–H and O–H groups in total. The van der Waals surface area contributed by atoms with Gasteiger partial charge in [0.15, 0.2) is 0 Å². The van der Waals surface area contributed by atoms with E-state index in [0.29, 0.717) is 12.0 Å². The molecular formula is C12H19FN2O3S. The van der Waals surface area contributed by atoms with Crippen molar-refractivity contribution < 1.29 is 17.9 Å². The lowest BCUT2D eigenvalue weighted by molar-refractivity contribution is 0.191. The van der Waals surface area contributed by atoms with Gasteiger partial charge < -0.3 is 10.8 Å². The molecule has 5 nitrogen and oxygen atoms in total. The fraction of sp³-hybridized carbons (Fsp3) is 0.500. The molecule has 0 bridgehead atoms. The molecule has 108 valence electrons. The summed E-state index contributed by atoms with van der Waals surface area (Å²) in [5.41, 5.74) is 5.24. The van der Waals surface area contributed by atoms with E-state index in [1.807, 2.05) is 0 Å². The van der Waals surface area contributed by atoms with Crippen LogP contribution in [0.1, 0.15) is 25.8 Å². The molecule has 0 saturated carbocycles. The molecule has 1 atom stereocenters. The molecule has 0 radical (unpaired) electrons. The fourth-order valence-electron chi connectivity index (χ4n) is 1.47. The highest BCUT2D eigenvalue weighted by atomic mass is 32.2. The van der Waals surface area contributed by atoms with Crippen molar-refractivity contribution in [3.8, 4) is 0 Å². The van der Waals surface area contributed by atoms with Gasteiger partial charge in [0.2, 0.25) is 10.0 Å². The Bertz CT molecular complexity index is 569. The van der Waals surface area contributed by atoms with Crippen molar-refractivity contribution >= 4 is 15.7 Å². The Morgan fingerprint density at radius 1 is 1.47 bits per heavy atom. The van der Waals surface area contributed by atoms with E-state index in [1.165, 1.54) is 0 Å². The number of rotatable bonds is 5. The van der Waals surface area contributed by atoms with E-state index >= 15 is 0 Å². The van der Waals surface area contributed by atoms with Gasteiger partial charge in [0.25, 0.3) is 0 Å². The van der Waals surface area contributed by atoms with Crippen molar-refractivity contribution in [2.24, 2.45) is 0 Å². The summed E-state index contributed by atoms with van der Waals surface area (Å²) in [6.07, 6.45) is 0.367. The van der Waals surface area contributed by atoms with Gasteiger partial charge in [0.05, 0.1) is 12.1 Å². The summed E-state index contributed by atoms with van der Waals surface area (Å²) >= 11 is 0. The van der Waals surface area contributed by atoms with Gasteiger partial charge in [-0.3, -0.25) is 0 Å². The predicted molar refractivity (Wildman–Crippen MR) is 71.7 cm³/mol. The minimum Gasteiger partial charge on any atom is -0.398 e. The Morgan fingerprint density at radius 2 is 2.05 bits per heavy atom. The van der Waals surface area contributed by atoms with Crippen LogP contribution in [-0.2, 0) is 10.0 Å². The first-order valence-corrected chi connectivity index (χ1v) is 7.34. The van der Waals surface area contributed by atoms with Gasteiger partial charge in [-0.1, -0.05) is 6.92 Å². The zero-order valence-electron chi connectivity index (χ0n) is 11.2. The molecule has 1 unspecified atom stereocenters. The number of anilines is 1. The Hall–Kier alpha value is -1.18. The third kappa shape index (κ3) is 3.43. The molecule has 0 heterocycles. The van der Waals surface area contributed by atoms with Gasteiger partial charge in [-0.25, -0.2) is 17.5 Å². The first-order valence-electron chi connectivity index (χ1n) is 5.85. The molecule has 0 aliphatic carbocycles. The zero-order chi connectivity index (χ0) is 14.8. The summed E-state index contributed by atoms with van der Waals surface area (Å²) in [5, 5.41) is 9.22. The monoisotopic (exact) mass is 290 g/mol. The molecule has 1 rings (SSSR count). The maximum Gasteiger partial charge on any atom is 0.244 e. The predicted octanol–water partition coefficient (Wildman–Crippen LogP) is 1.16. The number of aryl methyl sites for hydroxylation is 1. The number of hydrogen-bond donors (Lipinski definition) is 3. The van der Waals surface area contributed by atoms with Gasteiger partial charge >= 0.3 is 0 Å². The summed E-state index contributed by atoms with van der Waals surface area (Å²) in [6, 6.07) is 2.16. The second-order valence-electron chi connectivity index (χ2n) is 4.82. The maximum atomic E-state index is 13.8. The summed E-state index contributed by atoms with van der Waals surface area (Å²) in [6.45, 7) is 4.47. The second kappa shape index (κ2) is 5.44. The summed E-state index contributed by atoms with van der Waals surface area (Å²) in [7, 11) is -4.08. The average Bonchev–Trinajstić information content (AvgIpc) is 2.33. The molecule has 0 aliphatic rings. The van der Waals surface area contributed by atoms with Gasteiger partial charge in [0, 0.05) is 5.69 Å². The minimum absolute atomic E-state index is 0.198. The molecule has 19 heavy (non-hydrogen) atoms. The van der Waals surface area contributed by atoms with E-state index in [9.17, 15) is 17.9 Å². The van der Waals surface area contributed by atoms with Gasteiger partial charge in [-0.05, 0) is 38.0 Å². The smallest absolute Gasteiger partial charge is 0.244 e. The fourth-order valence-corrected chi connectivity index (χ4v) is 3.04. The minimum atomic E-state index is -4.08. The average molecular weight is 290 g/mol. The lowest BCUT2D eigenvalue weighted by Gasteiger charge is -2.27. The van der Waals surface area contributed by atoms with Crippen LogP contribution in [0, 0.1) is 12.7 Å². The van der Waals surface area contributed by atoms with Crippen LogP contribution in [0.25, 0.3) is 0 Å². The number of aliphatic hydroxyl groups excluding tert-OH is 1. The molecule has 0 saturated heterocycles. The van der Waals surface area contributed by atoms with Crippen LogP contribution in [0.15, 0.2) is 17.0 Å². The first kappa shape index (κ1) is 15.9. The van der Waals surface area contributed by atoms with Crippen molar-refractivity contribution in [2.45, 2.75) is 37.6 Å². The molecule has 7 heteroatoms. The topological polar surface area (TPSA) is 92.4 Å². The van der Waals surface area contributed by atoms with Crippen molar-refractivity contribution in [1.82, 2.24) is 4.72 Å². The van der Waals surface area contributed by atoms with E-state index in [0.717, 1.165) is 12.1 Å². The summed E-state index contributed by atoms with van der Waals surface area (Å²) in [4.78, 5) is -0.510. The highest BCUT2D eigenvalue weighted by molar-refractivity contribution is 7.89. The van der Waals surface area contributed by atoms with Crippen molar-refractivity contribution in [2.75, 3.05) is 12.3 Å². The van der Waals surface area contributed by atoms with E-state index in [-0.39, 0.29) is 12.3 Å². The number of nitrogen functional groups attached to an aromatic ring is 1. The number of sulfonamides is 1. The number of benzene rings is 1. The third-order valence-corrected chi connectivity index (χ3v) is 4.77. The maximum absolute atomic E-state index is 13.8. The molecule has 0 fully saturated rings. The second-order valence-corrected chi connectivity index (χ2v) is 6.47. The van der Waals surface area contributed by atoms with Crippen LogP contribution < -0.4 is 10.5 Å². The van der Waals surface area contributed by atoms with Gasteiger partial charge in [0.1, 0.15) is 10.7 Å². The number of aliphatic hydroxyl groups is 1. The Balaban J connectivity index is 3.25. The largest absolute Gasteiger partial charge is 0.398 e. The normalized spacial score (nSPS) is 15.2.